The van der Waals surface area contributed by atoms with Crippen LogP contribution in [0.15, 0.2) is 34.7 Å². The summed E-state index contributed by atoms with van der Waals surface area (Å²) >= 11 is 0. The monoisotopic (exact) mass is 290 g/mol. The molecule has 0 fully saturated rings. The predicted molar refractivity (Wildman–Crippen MR) is 78.3 cm³/mol. The van der Waals surface area contributed by atoms with Gasteiger partial charge in [-0.05, 0) is 32.2 Å². The molecule has 1 aromatic carbocycles. The first-order valence-corrected chi connectivity index (χ1v) is 6.54. The molecule has 21 heavy (non-hydrogen) atoms. The minimum Gasteiger partial charge on any atom is -0.496 e. The number of nitro benzene ring substituents is 1. The van der Waals surface area contributed by atoms with Crippen molar-refractivity contribution in [2.24, 2.45) is 0 Å². The number of benzene rings is 1. The van der Waals surface area contributed by atoms with Crippen LogP contribution in [-0.4, -0.2) is 24.0 Å². The highest BCUT2D eigenvalue weighted by Crippen LogP contribution is 2.25. The number of hydrogen-bond acceptors (Lipinski definition) is 5. The van der Waals surface area contributed by atoms with Gasteiger partial charge < -0.3 is 9.15 Å². The van der Waals surface area contributed by atoms with Crippen LogP contribution in [0.25, 0.3) is 0 Å². The third-order valence-electron chi connectivity index (χ3n) is 3.14. The van der Waals surface area contributed by atoms with Gasteiger partial charge in [0, 0.05) is 24.2 Å². The van der Waals surface area contributed by atoms with E-state index in [1.807, 2.05) is 31.0 Å². The van der Waals surface area contributed by atoms with Crippen molar-refractivity contribution in [3.63, 3.8) is 0 Å². The SMILES string of the molecule is COc1ccc([N+](=O)[O-])cc1CN(C)Cc1ccc(C)o1. The lowest BCUT2D eigenvalue weighted by atomic mass is 10.1. The van der Waals surface area contributed by atoms with Crippen LogP contribution in [0.4, 0.5) is 5.69 Å². The van der Waals surface area contributed by atoms with Crippen molar-refractivity contribution in [3.05, 3.63) is 57.5 Å². The molecular formula is C15H18N2O4. The first kappa shape index (κ1) is 15.1. The summed E-state index contributed by atoms with van der Waals surface area (Å²) in [5, 5.41) is 10.9. The van der Waals surface area contributed by atoms with E-state index in [4.69, 9.17) is 9.15 Å². The number of methoxy groups -OCH3 is 1. The van der Waals surface area contributed by atoms with E-state index in [1.54, 1.807) is 19.2 Å². The van der Waals surface area contributed by atoms with Gasteiger partial charge in [-0.15, -0.1) is 0 Å². The van der Waals surface area contributed by atoms with Gasteiger partial charge in [0.25, 0.3) is 5.69 Å². The zero-order valence-corrected chi connectivity index (χ0v) is 12.3. The molecule has 1 heterocycles. The Morgan fingerprint density at radius 3 is 2.62 bits per heavy atom. The van der Waals surface area contributed by atoms with E-state index >= 15 is 0 Å². The third kappa shape index (κ3) is 3.82. The summed E-state index contributed by atoms with van der Waals surface area (Å²) in [6.45, 7) is 3.05. The lowest BCUT2D eigenvalue weighted by molar-refractivity contribution is -0.384. The molecule has 0 aliphatic heterocycles. The van der Waals surface area contributed by atoms with Gasteiger partial charge >= 0.3 is 0 Å². The maximum absolute atomic E-state index is 10.9. The summed E-state index contributed by atoms with van der Waals surface area (Å²) in [4.78, 5) is 12.5. The molecule has 6 heteroatoms. The number of ether oxygens (including phenoxy) is 1. The molecule has 0 unspecified atom stereocenters. The lowest BCUT2D eigenvalue weighted by Crippen LogP contribution is -2.17. The molecule has 6 nitrogen and oxygen atoms in total. The van der Waals surface area contributed by atoms with Crippen LogP contribution in [0.1, 0.15) is 17.1 Å². The van der Waals surface area contributed by atoms with Crippen molar-refractivity contribution < 1.29 is 14.1 Å². The van der Waals surface area contributed by atoms with Crippen LogP contribution in [0.2, 0.25) is 0 Å². The summed E-state index contributed by atoms with van der Waals surface area (Å²) in [6.07, 6.45) is 0. The number of rotatable bonds is 6. The van der Waals surface area contributed by atoms with E-state index in [1.165, 1.54) is 6.07 Å². The van der Waals surface area contributed by atoms with E-state index in [9.17, 15) is 10.1 Å². The first-order valence-electron chi connectivity index (χ1n) is 6.54. The number of hydrogen-bond donors (Lipinski definition) is 0. The van der Waals surface area contributed by atoms with Gasteiger partial charge in [-0.3, -0.25) is 15.0 Å². The van der Waals surface area contributed by atoms with Crippen LogP contribution in [0, 0.1) is 17.0 Å². The highest BCUT2D eigenvalue weighted by Gasteiger charge is 2.13. The molecule has 0 radical (unpaired) electrons. The van der Waals surface area contributed by atoms with Crippen LogP contribution in [-0.2, 0) is 13.1 Å². The van der Waals surface area contributed by atoms with Crippen LogP contribution < -0.4 is 4.74 Å². The largest absolute Gasteiger partial charge is 0.496 e. The Morgan fingerprint density at radius 1 is 1.29 bits per heavy atom. The Morgan fingerprint density at radius 2 is 2.05 bits per heavy atom. The van der Waals surface area contributed by atoms with Crippen LogP contribution in [0.3, 0.4) is 0 Å². The van der Waals surface area contributed by atoms with Crippen LogP contribution in [0.5, 0.6) is 5.75 Å². The fraction of sp³-hybridized carbons (Fsp3) is 0.333. The maximum atomic E-state index is 10.9. The quantitative estimate of drug-likeness (QED) is 0.604. The Labute approximate surface area is 123 Å². The molecular weight excluding hydrogens is 272 g/mol. The number of aryl methyl sites for hydroxylation is 1. The molecule has 0 N–H and O–H groups in total. The molecule has 0 saturated heterocycles. The van der Waals surface area contributed by atoms with E-state index in [0.29, 0.717) is 18.8 Å². The molecule has 1 aromatic heterocycles. The van der Waals surface area contributed by atoms with Gasteiger partial charge in [-0.2, -0.15) is 0 Å². The van der Waals surface area contributed by atoms with E-state index in [2.05, 4.69) is 0 Å². The second kappa shape index (κ2) is 6.41. The van der Waals surface area contributed by atoms with Crippen molar-refractivity contribution in [3.8, 4) is 5.75 Å². The summed E-state index contributed by atoms with van der Waals surface area (Å²) in [6, 6.07) is 8.45. The molecule has 0 atom stereocenters. The van der Waals surface area contributed by atoms with Gasteiger partial charge in [-0.1, -0.05) is 0 Å². The first-order chi connectivity index (χ1) is 9.99. The highest BCUT2D eigenvalue weighted by molar-refractivity contribution is 5.43. The topological polar surface area (TPSA) is 68.8 Å². The molecule has 0 bridgehead atoms. The Bertz CT molecular complexity index is 636. The molecule has 0 saturated carbocycles. The minimum absolute atomic E-state index is 0.0630. The van der Waals surface area contributed by atoms with Crippen molar-refractivity contribution in [2.45, 2.75) is 20.0 Å². The number of non-ortho nitro benzene ring substituents is 1. The summed E-state index contributed by atoms with van der Waals surface area (Å²) in [7, 11) is 3.48. The van der Waals surface area contributed by atoms with E-state index in [0.717, 1.165) is 17.1 Å². The lowest BCUT2D eigenvalue weighted by Gasteiger charge is -2.17. The van der Waals surface area contributed by atoms with E-state index in [-0.39, 0.29) is 5.69 Å². The van der Waals surface area contributed by atoms with Crippen LogP contribution >= 0.6 is 0 Å². The molecule has 0 aliphatic carbocycles. The van der Waals surface area contributed by atoms with Crippen molar-refractivity contribution in [1.29, 1.82) is 0 Å². The minimum atomic E-state index is -0.404. The fourth-order valence-corrected chi connectivity index (χ4v) is 2.18. The van der Waals surface area contributed by atoms with Gasteiger partial charge in [0.2, 0.25) is 0 Å². The van der Waals surface area contributed by atoms with Crippen molar-refractivity contribution in [2.75, 3.05) is 14.2 Å². The molecule has 2 rings (SSSR count). The second-order valence-corrected chi connectivity index (χ2v) is 4.94. The normalized spacial score (nSPS) is 10.9. The van der Waals surface area contributed by atoms with Gasteiger partial charge in [0.15, 0.2) is 0 Å². The van der Waals surface area contributed by atoms with Gasteiger partial charge in [0.1, 0.15) is 17.3 Å². The number of nitrogens with zero attached hydrogens (tertiary/aromatic N) is 2. The molecule has 0 spiro atoms. The van der Waals surface area contributed by atoms with Gasteiger partial charge in [-0.25, -0.2) is 0 Å². The Kier molecular flexibility index (Phi) is 4.59. The third-order valence-corrected chi connectivity index (χ3v) is 3.14. The smallest absolute Gasteiger partial charge is 0.270 e. The highest BCUT2D eigenvalue weighted by atomic mass is 16.6. The number of furan rings is 1. The average molecular weight is 290 g/mol. The van der Waals surface area contributed by atoms with Crippen molar-refractivity contribution in [1.82, 2.24) is 4.90 Å². The van der Waals surface area contributed by atoms with Gasteiger partial charge in [0.05, 0.1) is 18.6 Å². The van der Waals surface area contributed by atoms with Crippen molar-refractivity contribution >= 4 is 5.69 Å². The fourth-order valence-electron chi connectivity index (χ4n) is 2.18. The summed E-state index contributed by atoms with van der Waals surface area (Å²) < 4.78 is 10.8. The predicted octanol–water partition coefficient (Wildman–Crippen LogP) is 3.14. The average Bonchev–Trinajstić information content (AvgIpc) is 2.83. The zero-order chi connectivity index (χ0) is 15.4. The Hall–Kier alpha value is -2.34. The maximum Gasteiger partial charge on any atom is 0.270 e. The number of nitro groups is 1. The second-order valence-electron chi connectivity index (χ2n) is 4.94. The zero-order valence-electron chi connectivity index (χ0n) is 12.3. The molecule has 0 amide bonds. The molecule has 0 aliphatic rings. The standard InChI is InChI=1S/C15H18N2O4/c1-11-4-6-14(21-11)10-16(2)9-12-8-13(17(18)19)5-7-15(12)20-3/h4-8H,9-10H2,1-3H3. The summed E-state index contributed by atoms with van der Waals surface area (Å²) in [5.41, 5.74) is 0.838. The molecule has 112 valence electrons. The molecule has 2 aromatic rings. The summed E-state index contributed by atoms with van der Waals surface area (Å²) in [5.74, 6) is 2.37. The Balaban J connectivity index is 2.13. The van der Waals surface area contributed by atoms with E-state index < -0.39 is 4.92 Å².